The standard InChI is InChI=1S/C27H24ClN3O3/c1-33-21-12-13-25(34-2)22(16-21)29-27(32)31-17-19-7-3-4-10-23(19)30-14-6-11-24(30)26(31)18-8-5-9-20(28)15-18/h3-16,26H,17H2,1-2H3,(H,29,32)/t26-/m0/s1. The summed E-state index contributed by atoms with van der Waals surface area (Å²) in [5.74, 6) is 1.17. The van der Waals surface area contributed by atoms with Gasteiger partial charge >= 0.3 is 6.03 Å². The van der Waals surface area contributed by atoms with E-state index < -0.39 is 0 Å². The zero-order valence-corrected chi connectivity index (χ0v) is 19.6. The van der Waals surface area contributed by atoms with Crippen LogP contribution in [0.1, 0.15) is 22.9 Å². The summed E-state index contributed by atoms with van der Waals surface area (Å²) in [4.78, 5) is 15.7. The molecular weight excluding hydrogens is 450 g/mol. The van der Waals surface area contributed by atoms with Gasteiger partial charge in [-0.2, -0.15) is 0 Å². The molecule has 2 amide bonds. The fraction of sp³-hybridized carbons (Fsp3) is 0.148. The van der Waals surface area contributed by atoms with Crippen LogP contribution in [0.2, 0.25) is 5.02 Å². The number of urea groups is 1. The lowest BCUT2D eigenvalue weighted by Gasteiger charge is -2.31. The predicted molar refractivity (Wildman–Crippen MR) is 133 cm³/mol. The number of halogens is 1. The lowest BCUT2D eigenvalue weighted by Crippen LogP contribution is -2.38. The zero-order valence-electron chi connectivity index (χ0n) is 18.9. The second kappa shape index (κ2) is 9.15. The van der Waals surface area contributed by atoms with Gasteiger partial charge in [0.1, 0.15) is 11.5 Å². The average Bonchev–Trinajstić information content (AvgIpc) is 3.28. The van der Waals surface area contributed by atoms with E-state index in [0.29, 0.717) is 28.8 Å². The Hall–Kier alpha value is -3.90. The van der Waals surface area contributed by atoms with E-state index in [9.17, 15) is 4.79 Å². The minimum Gasteiger partial charge on any atom is -0.497 e. The minimum absolute atomic E-state index is 0.263. The minimum atomic E-state index is -0.363. The van der Waals surface area contributed by atoms with Crippen LogP contribution in [0.4, 0.5) is 10.5 Å². The highest BCUT2D eigenvalue weighted by Crippen LogP contribution is 2.38. The Morgan fingerprint density at radius 1 is 0.971 bits per heavy atom. The fourth-order valence-electron chi connectivity index (χ4n) is 4.47. The van der Waals surface area contributed by atoms with Crippen LogP contribution in [0.15, 0.2) is 85.1 Å². The molecule has 0 saturated carbocycles. The van der Waals surface area contributed by atoms with Crippen LogP contribution in [0, 0.1) is 0 Å². The number of aromatic nitrogens is 1. The van der Waals surface area contributed by atoms with E-state index in [1.807, 2.05) is 65.7 Å². The van der Waals surface area contributed by atoms with E-state index in [2.05, 4.69) is 16.0 Å². The molecule has 34 heavy (non-hydrogen) atoms. The number of anilines is 1. The molecule has 1 N–H and O–H groups in total. The molecule has 7 heteroatoms. The number of carbonyl (C=O) groups excluding carboxylic acids is 1. The van der Waals surface area contributed by atoms with Crippen molar-refractivity contribution in [3.63, 3.8) is 0 Å². The second-order valence-electron chi connectivity index (χ2n) is 8.01. The van der Waals surface area contributed by atoms with Gasteiger partial charge in [-0.15, -0.1) is 0 Å². The highest BCUT2D eigenvalue weighted by atomic mass is 35.5. The summed E-state index contributed by atoms with van der Waals surface area (Å²) in [6, 6.07) is 24.5. The summed E-state index contributed by atoms with van der Waals surface area (Å²) >= 11 is 6.37. The summed E-state index contributed by atoms with van der Waals surface area (Å²) < 4.78 is 13.0. The highest BCUT2D eigenvalue weighted by molar-refractivity contribution is 6.30. The first kappa shape index (κ1) is 21.9. The number of fused-ring (bicyclic) bond motifs is 3. The van der Waals surface area contributed by atoms with E-state index in [4.69, 9.17) is 21.1 Å². The first-order valence-electron chi connectivity index (χ1n) is 10.9. The van der Waals surface area contributed by atoms with Crippen LogP contribution in [-0.2, 0) is 6.54 Å². The number of methoxy groups -OCH3 is 2. The summed E-state index contributed by atoms with van der Waals surface area (Å²) in [6.45, 7) is 0.410. The molecule has 1 atom stereocenters. The molecule has 1 aliphatic rings. The molecule has 1 aromatic heterocycles. The van der Waals surface area contributed by atoms with E-state index in [0.717, 1.165) is 22.5 Å². The van der Waals surface area contributed by atoms with Crippen molar-refractivity contribution < 1.29 is 14.3 Å². The quantitative estimate of drug-likeness (QED) is 0.379. The number of rotatable bonds is 4. The molecule has 0 spiro atoms. The molecule has 5 rings (SSSR count). The van der Waals surface area contributed by atoms with Crippen LogP contribution in [0.25, 0.3) is 5.69 Å². The van der Waals surface area contributed by atoms with E-state index in [-0.39, 0.29) is 12.1 Å². The lowest BCUT2D eigenvalue weighted by molar-refractivity contribution is 0.194. The average molecular weight is 474 g/mol. The molecule has 0 saturated heterocycles. The molecule has 0 unspecified atom stereocenters. The molecule has 0 fully saturated rings. The van der Waals surface area contributed by atoms with Gasteiger partial charge in [-0.1, -0.05) is 41.9 Å². The number of hydrogen-bond donors (Lipinski definition) is 1. The SMILES string of the molecule is COc1ccc(OC)c(NC(=O)N2Cc3ccccc3-n3cccc3[C@@H]2c2cccc(Cl)c2)c1. The normalized spacial score (nSPS) is 14.6. The Morgan fingerprint density at radius 3 is 2.62 bits per heavy atom. The highest BCUT2D eigenvalue weighted by Gasteiger charge is 2.33. The Balaban J connectivity index is 1.63. The van der Waals surface area contributed by atoms with Crippen molar-refractivity contribution in [1.29, 1.82) is 0 Å². The van der Waals surface area contributed by atoms with Crippen molar-refractivity contribution in [3.8, 4) is 17.2 Å². The maximum absolute atomic E-state index is 13.9. The maximum atomic E-state index is 13.9. The van der Waals surface area contributed by atoms with Gasteiger partial charge in [0.25, 0.3) is 0 Å². The smallest absolute Gasteiger partial charge is 0.323 e. The van der Waals surface area contributed by atoms with Gasteiger partial charge in [-0.25, -0.2) is 4.79 Å². The van der Waals surface area contributed by atoms with Gasteiger partial charge < -0.3 is 24.3 Å². The van der Waals surface area contributed by atoms with E-state index in [1.165, 1.54) is 0 Å². The van der Waals surface area contributed by atoms with Gasteiger partial charge in [0.05, 0.1) is 38.2 Å². The Kier molecular flexibility index (Phi) is 5.90. The van der Waals surface area contributed by atoms with Crippen molar-refractivity contribution in [2.45, 2.75) is 12.6 Å². The molecular formula is C27H24ClN3O3. The van der Waals surface area contributed by atoms with Gasteiger partial charge in [0.15, 0.2) is 0 Å². The second-order valence-corrected chi connectivity index (χ2v) is 8.45. The number of para-hydroxylation sites is 1. The summed E-state index contributed by atoms with van der Waals surface area (Å²) in [5, 5.41) is 3.66. The van der Waals surface area contributed by atoms with Crippen molar-refractivity contribution in [1.82, 2.24) is 9.47 Å². The Bertz CT molecular complexity index is 1350. The fourth-order valence-corrected chi connectivity index (χ4v) is 4.66. The summed E-state index contributed by atoms with van der Waals surface area (Å²) in [6.07, 6.45) is 2.03. The molecule has 0 aliphatic carbocycles. The third-order valence-electron chi connectivity index (χ3n) is 6.04. The molecule has 4 aromatic rings. The van der Waals surface area contributed by atoms with Crippen molar-refractivity contribution in [2.24, 2.45) is 0 Å². The zero-order chi connectivity index (χ0) is 23.7. The van der Waals surface area contributed by atoms with Crippen LogP contribution >= 0.6 is 11.6 Å². The largest absolute Gasteiger partial charge is 0.497 e. The van der Waals surface area contributed by atoms with Crippen LogP contribution < -0.4 is 14.8 Å². The van der Waals surface area contributed by atoms with Gasteiger partial charge in [-0.3, -0.25) is 0 Å². The number of ether oxygens (including phenoxy) is 2. The molecule has 6 nitrogen and oxygen atoms in total. The number of nitrogens with one attached hydrogen (secondary N) is 1. The monoisotopic (exact) mass is 473 g/mol. The van der Waals surface area contributed by atoms with E-state index >= 15 is 0 Å². The van der Waals surface area contributed by atoms with Gasteiger partial charge in [-0.05, 0) is 53.6 Å². The summed E-state index contributed by atoms with van der Waals surface area (Å²) in [5.41, 5.74) is 4.51. The number of hydrogen-bond acceptors (Lipinski definition) is 3. The van der Waals surface area contributed by atoms with Gasteiger partial charge in [0, 0.05) is 23.0 Å². The molecule has 1 aliphatic heterocycles. The third kappa shape index (κ3) is 3.97. The Labute approximate surface area is 203 Å². The maximum Gasteiger partial charge on any atom is 0.323 e. The first-order chi connectivity index (χ1) is 16.6. The third-order valence-corrected chi connectivity index (χ3v) is 6.27. The molecule has 172 valence electrons. The summed E-state index contributed by atoms with van der Waals surface area (Å²) in [7, 11) is 3.16. The molecule has 0 radical (unpaired) electrons. The predicted octanol–water partition coefficient (Wildman–Crippen LogP) is 6.29. The first-order valence-corrected chi connectivity index (χ1v) is 11.3. The van der Waals surface area contributed by atoms with Crippen molar-refractivity contribution in [2.75, 3.05) is 19.5 Å². The van der Waals surface area contributed by atoms with Crippen molar-refractivity contribution >= 4 is 23.3 Å². The number of carbonyl (C=O) groups is 1. The van der Waals surface area contributed by atoms with Gasteiger partial charge in [0.2, 0.25) is 0 Å². The van der Waals surface area contributed by atoms with Crippen LogP contribution in [0.5, 0.6) is 11.5 Å². The number of benzene rings is 3. The van der Waals surface area contributed by atoms with Crippen LogP contribution in [-0.4, -0.2) is 29.7 Å². The topological polar surface area (TPSA) is 55.7 Å². The van der Waals surface area contributed by atoms with E-state index in [1.54, 1.807) is 32.4 Å². The molecule has 2 heterocycles. The number of nitrogens with zero attached hydrogens (tertiary/aromatic N) is 2. The van der Waals surface area contributed by atoms with Crippen molar-refractivity contribution in [3.05, 3.63) is 107 Å². The van der Waals surface area contributed by atoms with Crippen LogP contribution in [0.3, 0.4) is 0 Å². The molecule has 0 bridgehead atoms. The molecule has 3 aromatic carbocycles. The Morgan fingerprint density at radius 2 is 1.82 bits per heavy atom. The lowest BCUT2D eigenvalue weighted by atomic mass is 10.0. The number of amides is 2.